The van der Waals surface area contributed by atoms with E-state index in [1.807, 2.05) is 0 Å². The fourth-order valence-electron chi connectivity index (χ4n) is 2.04. The molecule has 9 N–H and O–H groups in total. The van der Waals surface area contributed by atoms with Crippen molar-refractivity contribution in [3.8, 4) is 5.75 Å². The number of carbonyl (C=O) groups excluding carboxylic acids is 2. The number of phenols is 1. The van der Waals surface area contributed by atoms with Crippen LogP contribution in [0.4, 0.5) is 0 Å². The third-order valence-electron chi connectivity index (χ3n) is 3.25. The topological polar surface area (TPSA) is 180 Å². The molecule has 2 amide bonds. The first kappa shape index (κ1) is 20.2. The van der Waals surface area contributed by atoms with Crippen molar-refractivity contribution in [2.75, 3.05) is 19.6 Å². The van der Waals surface area contributed by atoms with Crippen LogP contribution in [-0.2, 0) is 16.0 Å². The van der Waals surface area contributed by atoms with Gasteiger partial charge in [0.1, 0.15) is 18.3 Å². The molecule has 10 heteroatoms. The smallest absolute Gasteiger partial charge is 0.240 e. The number of guanidine groups is 1. The third kappa shape index (κ3) is 8.53. The summed E-state index contributed by atoms with van der Waals surface area (Å²) < 4.78 is 0. The number of hydroxylamine groups is 2. The van der Waals surface area contributed by atoms with Crippen LogP contribution >= 0.6 is 0 Å². The summed E-state index contributed by atoms with van der Waals surface area (Å²) in [5, 5.41) is 22.2. The molecule has 0 heterocycles. The van der Waals surface area contributed by atoms with Gasteiger partial charge in [0, 0.05) is 19.5 Å². The van der Waals surface area contributed by atoms with E-state index >= 15 is 0 Å². The van der Waals surface area contributed by atoms with Gasteiger partial charge in [0.25, 0.3) is 0 Å². The summed E-state index contributed by atoms with van der Waals surface area (Å²) in [5.41, 5.74) is 16.4. The maximum Gasteiger partial charge on any atom is 0.240 e. The number of benzene rings is 1. The van der Waals surface area contributed by atoms with Crippen molar-refractivity contribution in [3.63, 3.8) is 0 Å². The summed E-state index contributed by atoms with van der Waals surface area (Å²) in [5.74, 6) is -1.19. The quantitative estimate of drug-likeness (QED) is 0.125. The molecule has 1 aromatic rings. The fraction of sp³-hybridized carbons (Fsp3) is 0.400. The molecule has 0 saturated carbocycles. The Bertz CT molecular complexity index is 601. The Morgan fingerprint density at radius 3 is 2.40 bits per heavy atom. The summed E-state index contributed by atoms with van der Waals surface area (Å²) in [7, 11) is 0. The van der Waals surface area contributed by atoms with Crippen LogP contribution in [0.3, 0.4) is 0 Å². The van der Waals surface area contributed by atoms with E-state index in [1.54, 1.807) is 12.1 Å². The Kier molecular flexibility index (Phi) is 8.16. The molecule has 0 spiro atoms. The summed E-state index contributed by atoms with van der Waals surface area (Å²) in [6, 6.07) is 5.27. The number of nitrogens with zero attached hydrogens (tertiary/aromatic N) is 2. The maximum atomic E-state index is 11.9. The van der Waals surface area contributed by atoms with Gasteiger partial charge in [-0.25, -0.2) is 0 Å². The molecule has 0 bridgehead atoms. The zero-order chi connectivity index (χ0) is 18.8. The molecule has 10 nitrogen and oxygen atoms in total. The van der Waals surface area contributed by atoms with Crippen molar-refractivity contribution in [2.45, 2.75) is 18.9 Å². The molecule has 0 fully saturated rings. The Morgan fingerprint density at radius 2 is 1.84 bits per heavy atom. The Morgan fingerprint density at radius 1 is 1.20 bits per heavy atom. The first-order valence-corrected chi connectivity index (χ1v) is 7.63. The van der Waals surface area contributed by atoms with E-state index < -0.39 is 17.9 Å². The van der Waals surface area contributed by atoms with Gasteiger partial charge in [0.15, 0.2) is 5.96 Å². The van der Waals surface area contributed by atoms with Crippen molar-refractivity contribution in [1.29, 1.82) is 0 Å². The van der Waals surface area contributed by atoms with Gasteiger partial charge >= 0.3 is 0 Å². The van der Waals surface area contributed by atoms with Crippen LogP contribution in [-0.4, -0.2) is 58.8 Å². The van der Waals surface area contributed by atoms with Crippen LogP contribution in [0.1, 0.15) is 12.0 Å². The van der Waals surface area contributed by atoms with E-state index in [-0.39, 0.29) is 31.2 Å². The maximum absolute atomic E-state index is 11.9. The second-order valence-electron chi connectivity index (χ2n) is 5.44. The molecular formula is C15H24N6O4. The van der Waals surface area contributed by atoms with E-state index in [9.17, 15) is 19.9 Å². The predicted molar refractivity (Wildman–Crippen MR) is 91.6 cm³/mol. The number of primary amides is 1. The van der Waals surface area contributed by atoms with Crippen LogP contribution in [0, 0.1) is 0 Å². The number of aliphatic imine (C=N–C) groups is 1. The van der Waals surface area contributed by atoms with Gasteiger partial charge in [-0.15, -0.1) is 0 Å². The van der Waals surface area contributed by atoms with Gasteiger partial charge in [0.05, 0.1) is 0 Å². The highest BCUT2D eigenvalue weighted by molar-refractivity contribution is 5.87. The average molecular weight is 352 g/mol. The van der Waals surface area contributed by atoms with E-state index in [1.165, 1.54) is 12.1 Å². The Hall–Kier alpha value is -2.85. The van der Waals surface area contributed by atoms with E-state index in [0.717, 1.165) is 10.6 Å². The normalized spacial score (nSPS) is 11.8. The summed E-state index contributed by atoms with van der Waals surface area (Å²) in [6.45, 7) is 0.191. The van der Waals surface area contributed by atoms with Crippen LogP contribution in [0.25, 0.3) is 0 Å². The van der Waals surface area contributed by atoms with Crippen molar-refractivity contribution >= 4 is 17.8 Å². The lowest BCUT2D eigenvalue weighted by Crippen LogP contribution is -2.48. The highest BCUT2D eigenvalue weighted by Crippen LogP contribution is 2.11. The van der Waals surface area contributed by atoms with Gasteiger partial charge in [-0.2, -0.15) is 5.06 Å². The van der Waals surface area contributed by atoms with Crippen molar-refractivity contribution in [3.05, 3.63) is 29.8 Å². The van der Waals surface area contributed by atoms with Crippen molar-refractivity contribution < 1.29 is 19.9 Å². The van der Waals surface area contributed by atoms with E-state index in [0.29, 0.717) is 13.0 Å². The molecule has 0 aliphatic heterocycles. The fourth-order valence-corrected chi connectivity index (χ4v) is 2.04. The lowest BCUT2D eigenvalue weighted by Gasteiger charge is -2.18. The molecule has 1 atom stereocenters. The number of carbonyl (C=O) groups is 2. The Balaban J connectivity index is 2.46. The summed E-state index contributed by atoms with van der Waals surface area (Å²) >= 11 is 0. The van der Waals surface area contributed by atoms with Crippen molar-refractivity contribution in [2.24, 2.45) is 22.2 Å². The van der Waals surface area contributed by atoms with Crippen LogP contribution in [0.5, 0.6) is 5.75 Å². The minimum Gasteiger partial charge on any atom is -0.508 e. The van der Waals surface area contributed by atoms with Gasteiger partial charge in [-0.05, 0) is 24.1 Å². The first-order chi connectivity index (χ1) is 11.8. The molecule has 0 aliphatic rings. The summed E-state index contributed by atoms with van der Waals surface area (Å²) in [6.07, 6.45) is 0.631. The van der Waals surface area contributed by atoms with E-state index in [4.69, 9.17) is 17.2 Å². The number of nitrogens with two attached hydrogens (primary N) is 3. The minimum atomic E-state index is -0.924. The predicted octanol–water partition coefficient (Wildman–Crippen LogP) is -1.74. The molecule has 0 aliphatic carbocycles. The standard InChI is InChI=1S/C15H24N6O4/c16-14(24)12(8-10-2-4-11(22)5-3-10)20-13(23)9-21(25)7-1-6-19-15(17)18/h2-5,12,22,25H,1,6-9H2,(H2,16,24)(H,20,23)(H4,17,18,19)/t12-/m0/s1. The molecule has 0 aromatic heterocycles. The van der Waals surface area contributed by atoms with Crippen LogP contribution in [0.2, 0.25) is 0 Å². The summed E-state index contributed by atoms with van der Waals surface area (Å²) in [4.78, 5) is 27.2. The highest BCUT2D eigenvalue weighted by Gasteiger charge is 2.19. The monoisotopic (exact) mass is 352 g/mol. The molecule has 0 radical (unpaired) electrons. The lowest BCUT2D eigenvalue weighted by molar-refractivity contribution is -0.140. The molecule has 1 rings (SSSR count). The number of amides is 2. The second kappa shape index (κ2) is 10.1. The zero-order valence-electron chi connectivity index (χ0n) is 13.8. The van der Waals surface area contributed by atoms with Gasteiger partial charge in [-0.3, -0.25) is 14.6 Å². The third-order valence-corrected chi connectivity index (χ3v) is 3.25. The highest BCUT2D eigenvalue weighted by atomic mass is 16.5. The number of hydrogen-bond donors (Lipinski definition) is 6. The number of hydrogen-bond acceptors (Lipinski definition) is 6. The molecule has 0 unspecified atom stereocenters. The SMILES string of the molecule is NC(=O)[C@H](Cc1ccc(O)cc1)NC(=O)CN(O)CCCN=C(N)N. The van der Waals surface area contributed by atoms with Crippen molar-refractivity contribution in [1.82, 2.24) is 10.4 Å². The molecule has 25 heavy (non-hydrogen) atoms. The number of phenolic OH excluding ortho intramolecular Hbond substituents is 1. The first-order valence-electron chi connectivity index (χ1n) is 7.63. The molecule has 138 valence electrons. The Labute approximate surface area is 145 Å². The van der Waals surface area contributed by atoms with Crippen LogP contribution in [0.15, 0.2) is 29.3 Å². The zero-order valence-corrected chi connectivity index (χ0v) is 13.8. The number of rotatable bonds is 10. The average Bonchev–Trinajstić information content (AvgIpc) is 2.52. The number of nitrogens with one attached hydrogen (secondary N) is 1. The van der Waals surface area contributed by atoms with Gasteiger partial charge in [-0.1, -0.05) is 12.1 Å². The second-order valence-corrected chi connectivity index (χ2v) is 5.44. The lowest BCUT2D eigenvalue weighted by atomic mass is 10.1. The molecule has 1 aromatic carbocycles. The number of aromatic hydroxyl groups is 1. The van der Waals surface area contributed by atoms with Crippen LogP contribution < -0.4 is 22.5 Å². The largest absolute Gasteiger partial charge is 0.508 e. The van der Waals surface area contributed by atoms with Gasteiger partial charge in [0.2, 0.25) is 11.8 Å². The molecular weight excluding hydrogens is 328 g/mol. The van der Waals surface area contributed by atoms with E-state index in [2.05, 4.69) is 10.3 Å². The van der Waals surface area contributed by atoms with Gasteiger partial charge < -0.3 is 32.8 Å². The molecule has 0 saturated heterocycles. The minimum absolute atomic E-state index is 0.0410.